The van der Waals surface area contributed by atoms with Gasteiger partial charge in [-0.15, -0.1) is 0 Å². The number of fused-ring (bicyclic) bond motifs is 1. The van der Waals surface area contributed by atoms with Gasteiger partial charge >= 0.3 is 0 Å². The van der Waals surface area contributed by atoms with Crippen LogP contribution in [-0.2, 0) is 4.74 Å². The van der Waals surface area contributed by atoms with E-state index >= 15 is 0 Å². The van der Waals surface area contributed by atoms with Crippen LogP contribution in [-0.4, -0.2) is 41.6 Å². The number of nitrogens with zero attached hydrogens (tertiary/aromatic N) is 3. The molecule has 3 heterocycles. The molecule has 0 radical (unpaired) electrons. The van der Waals surface area contributed by atoms with Gasteiger partial charge in [0, 0.05) is 35.5 Å². The lowest BCUT2D eigenvalue weighted by molar-refractivity contribution is -0.00521. The fourth-order valence-electron chi connectivity index (χ4n) is 3.74. The molecule has 2 atom stereocenters. The van der Waals surface area contributed by atoms with Crippen LogP contribution in [0.1, 0.15) is 30.0 Å². The number of pyridine rings is 2. The Balaban J connectivity index is 1.71. The first-order valence-corrected chi connectivity index (χ1v) is 9.52. The molecule has 2 aromatic heterocycles. The van der Waals surface area contributed by atoms with Gasteiger partial charge in [-0.2, -0.15) is 0 Å². The van der Waals surface area contributed by atoms with Gasteiger partial charge in [-0.1, -0.05) is 0 Å². The minimum Gasteiger partial charge on any atom is -0.372 e. The maximum absolute atomic E-state index is 10.8. The fraction of sp³-hybridized carbons (Fsp3) is 0.318. The molecule has 1 saturated heterocycles. The van der Waals surface area contributed by atoms with E-state index < -0.39 is 0 Å². The second kappa shape index (κ2) is 7.56. The average Bonchev–Trinajstić information content (AvgIpc) is 2.67. The topological polar surface area (TPSA) is 67.4 Å². The minimum absolute atomic E-state index is 0.204. The van der Waals surface area contributed by atoms with E-state index in [1.807, 2.05) is 19.1 Å². The highest BCUT2D eigenvalue weighted by atomic mass is 16.5. The maximum atomic E-state index is 10.8. The predicted molar refractivity (Wildman–Crippen MR) is 112 cm³/mol. The highest BCUT2D eigenvalue weighted by Crippen LogP contribution is 2.31. The monoisotopic (exact) mass is 376 g/mol. The lowest BCUT2D eigenvalue weighted by Crippen LogP contribution is -2.45. The Bertz CT molecular complexity index is 993. The Morgan fingerprint density at radius 1 is 1.14 bits per heavy atom. The molecule has 144 valence electrons. The number of hydrogen-bond acceptors (Lipinski definition) is 6. The molecule has 4 rings (SSSR count). The molecule has 0 aliphatic carbocycles. The van der Waals surface area contributed by atoms with Gasteiger partial charge in [-0.3, -0.25) is 14.8 Å². The Labute approximate surface area is 164 Å². The van der Waals surface area contributed by atoms with E-state index in [1.165, 1.54) is 0 Å². The van der Waals surface area contributed by atoms with Crippen molar-refractivity contribution in [1.29, 1.82) is 0 Å². The number of ether oxygens (including phenoxy) is 1. The van der Waals surface area contributed by atoms with Gasteiger partial charge in [-0.05, 0) is 57.2 Å². The van der Waals surface area contributed by atoms with Crippen LogP contribution < -0.4 is 10.2 Å². The molecular weight excluding hydrogens is 352 g/mol. The molecule has 0 bridgehead atoms. The number of carbonyl (C=O) groups excluding carboxylic acids is 1. The largest absolute Gasteiger partial charge is 0.372 e. The summed E-state index contributed by atoms with van der Waals surface area (Å²) in [5.41, 5.74) is 5.26. The summed E-state index contributed by atoms with van der Waals surface area (Å²) in [6.45, 7) is 7.94. The van der Waals surface area contributed by atoms with Gasteiger partial charge in [0.1, 0.15) is 5.69 Å². The zero-order valence-electron chi connectivity index (χ0n) is 16.3. The number of aromatic nitrogens is 2. The van der Waals surface area contributed by atoms with Crippen LogP contribution in [0, 0.1) is 6.92 Å². The summed E-state index contributed by atoms with van der Waals surface area (Å²) in [6, 6.07) is 12.0. The number of nitrogens with one attached hydrogen (secondary N) is 1. The standard InChI is InChI=1S/C22H24N4O2/c1-14-8-22(25-17-4-5-18(13-27)23-10-17)20-9-19(6-7-21(20)24-14)26-11-15(2)28-16(3)12-26/h4-10,13,15-16H,11-12H2,1-3H3,(H,24,25). The van der Waals surface area contributed by atoms with Crippen LogP contribution in [0.5, 0.6) is 0 Å². The molecular formula is C22H24N4O2. The zero-order valence-corrected chi connectivity index (χ0v) is 16.3. The van der Waals surface area contributed by atoms with Gasteiger partial charge in [-0.25, -0.2) is 0 Å². The van der Waals surface area contributed by atoms with Crippen LogP contribution in [0.2, 0.25) is 0 Å². The lowest BCUT2D eigenvalue weighted by atomic mass is 10.1. The van der Waals surface area contributed by atoms with E-state index in [0.717, 1.165) is 53.0 Å². The van der Waals surface area contributed by atoms with Crippen molar-refractivity contribution in [3.05, 3.63) is 54.0 Å². The predicted octanol–water partition coefficient (Wildman–Crippen LogP) is 4.11. The van der Waals surface area contributed by atoms with Crippen molar-refractivity contribution in [3.8, 4) is 0 Å². The van der Waals surface area contributed by atoms with Crippen LogP contribution >= 0.6 is 0 Å². The van der Waals surface area contributed by atoms with E-state index in [0.29, 0.717) is 5.69 Å². The number of benzene rings is 1. The van der Waals surface area contributed by atoms with Gasteiger partial charge < -0.3 is 15.0 Å². The van der Waals surface area contributed by atoms with Gasteiger partial charge in [0.05, 0.1) is 29.6 Å². The summed E-state index contributed by atoms with van der Waals surface area (Å²) in [5, 5.41) is 4.48. The molecule has 0 amide bonds. The molecule has 1 aliphatic rings. The van der Waals surface area contributed by atoms with Crippen LogP contribution in [0.4, 0.5) is 17.1 Å². The lowest BCUT2D eigenvalue weighted by Gasteiger charge is -2.37. The first-order valence-electron chi connectivity index (χ1n) is 9.52. The normalized spacial score (nSPS) is 19.6. The number of hydrogen-bond donors (Lipinski definition) is 1. The quantitative estimate of drug-likeness (QED) is 0.691. The molecule has 3 aromatic rings. The summed E-state index contributed by atoms with van der Waals surface area (Å²) in [6.07, 6.45) is 2.82. The van der Waals surface area contributed by atoms with Crippen molar-refractivity contribution in [1.82, 2.24) is 9.97 Å². The Hall–Kier alpha value is -2.99. The second-order valence-corrected chi connectivity index (χ2v) is 7.39. The highest BCUT2D eigenvalue weighted by Gasteiger charge is 2.22. The molecule has 1 fully saturated rings. The van der Waals surface area contributed by atoms with Gasteiger partial charge in [0.15, 0.2) is 6.29 Å². The SMILES string of the molecule is Cc1cc(Nc2ccc(C=O)nc2)c2cc(N3CC(C)OC(C)C3)ccc2n1. The molecule has 1 N–H and O–H groups in total. The summed E-state index contributed by atoms with van der Waals surface area (Å²) >= 11 is 0. The van der Waals surface area contributed by atoms with Crippen LogP contribution in [0.15, 0.2) is 42.6 Å². The molecule has 1 aliphatic heterocycles. The van der Waals surface area contributed by atoms with Crippen molar-refractivity contribution in [2.45, 2.75) is 33.0 Å². The molecule has 28 heavy (non-hydrogen) atoms. The summed E-state index contributed by atoms with van der Waals surface area (Å²) in [4.78, 5) is 22.0. The molecule has 0 saturated carbocycles. The van der Waals surface area contributed by atoms with Crippen LogP contribution in [0.25, 0.3) is 10.9 Å². The second-order valence-electron chi connectivity index (χ2n) is 7.39. The van der Waals surface area contributed by atoms with Crippen molar-refractivity contribution in [2.24, 2.45) is 0 Å². The van der Waals surface area contributed by atoms with Crippen molar-refractivity contribution in [2.75, 3.05) is 23.3 Å². The Kier molecular flexibility index (Phi) is 4.96. The highest BCUT2D eigenvalue weighted by molar-refractivity contribution is 5.95. The van der Waals surface area contributed by atoms with Gasteiger partial charge in [0.25, 0.3) is 0 Å². The fourth-order valence-corrected chi connectivity index (χ4v) is 3.74. The zero-order chi connectivity index (χ0) is 19.7. The number of morpholine rings is 1. The summed E-state index contributed by atoms with van der Waals surface area (Å²) in [7, 11) is 0. The van der Waals surface area contributed by atoms with E-state index in [4.69, 9.17) is 4.74 Å². The van der Waals surface area contributed by atoms with Gasteiger partial charge in [0.2, 0.25) is 0 Å². The molecule has 0 spiro atoms. The number of aldehydes is 1. The Morgan fingerprint density at radius 2 is 1.93 bits per heavy atom. The summed E-state index contributed by atoms with van der Waals surface area (Å²) in [5.74, 6) is 0. The number of aryl methyl sites for hydroxylation is 1. The molecule has 1 aromatic carbocycles. The van der Waals surface area contributed by atoms with E-state index in [9.17, 15) is 4.79 Å². The third kappa shape index (κ3) is 3.82. The van der Waals surface area contributed by atoms with Crippen LogP contribution in [0.3, 0.4) is 0 Å². The summed E-state index contributed by atoms with van der Waals surface area (Å²) < 4.78 is 5.86. The average molecular weight is 376 g/mol. The van der Waals surface area contributed by atoms with E-state index in [2.05, 4.69) is 52.2 Å². The van der Waals surface area contributed by atoms with Crippen molar-refractivity contribution in [3.63, 3.8) is 0 Å². The molecule has 2 unspecified atom stereocenters. The van der Waals surface area contributed by atoms with Crippen molar-refractivity contribution >= 4 is 34.3 Å². The maximum Gasteiger partial charge on any atom is 0.168 e. The third-order valence-corrected chi connectivity index (χ3v) is 4.89. The smallest absolute Gasteiger partial charge is 0.168 e. The van der Waals surface area contributed by atoms with Crippen molar-refractivity contribution < 1.29 is 9.53 Å². The first-order chi connectivity index (χ1) is 13.5. The number of anilines is 3. The number of rotatable bonds is 4. The number of carbonyl (C=O) groups is 1. The molecule has 6 nitrogen and oxygen atoms in total. The third-order valence-electron chi connectivity index (χ3n) is 4.89. The first kappa shape index (κ1) is 18.4. The minimum atomic E-state index is 0.204. The van der Waals surface area contributed by atoms with E-state index in [1.54, 1.807) is 12.3 Å². The van der Waals surface area contributed by atoms with E-state index in [-0.39, 0.29) is 12.2 Å². The Morgan fingerprint density at radius 3 is 2.61 bits per heavy atom. The molecule has 6 heteroatoms.